The van der Waals surface area contributed by atoms with Gasteiger partial charge in [0.1, 0.15) is 0 Å². The third kappa shape index (κ3) is 4.21. The molecule has 1 aromatic carbocycles. The van der Waals surface area contributed by atoms with Crippen molar-refractivity contribution in [3.63, 3.8) is 0 Å². The van der Waals surface area contributed by atoms with Gasteiger partial charge in [-0.1, -0.05) is 19.1 Å². The van der Waals surface area contributed by atoms with Gasteiger partial charge in [0.2, 0.25) is 0 Å². The Bertz CT molecular complexity index is 359. The van der Waals surface area contributed by atoms with Crippen LogP contribution in [0.15, 0.2) is 24.3 Å². The maximum absolute atomic E-state index is 3.62. The largest absolute Gasteiger partial charge is 0.309 e. The van der Waals surface area contributed by atoms with Gasteiger partial charge in [-0.2, -0.15) is 0 Å². The summed E-state index contributed by atoms with van der Waals surface area (Å²) in [5, 5.41) is 3.62. The summed E-state index contributed by atoms with van der Waals surface area (Å²) in [6.45, 7) is 7.95. The molecule has 1 aliphatic carbocycles. The molecule has 0 aliphatic heterocycles. The molecule has 0 saturated heterocycles. The van der Waals surface area contributed by atoms with E-state index in [1.807, 2.05) is 0 Å². The molecule has 2 rings (SSSR count). The number of likely N-dealkylation sites (N-methyl/N-ethyl adjacent to an activating group) is 1. The molecule has 0 spiro atoms. The Labute approximate surface area is 124 Å². The standard InChI is InChI=1S/C15H23IN2/c1-3-18(15-8-9-15)11-10-17-12(2)13-4-6-14(16)7-5-13/h4-7,12,15,17H,3,8-11H2,1-2H3. The zero-order chi connectivity index (χ0) is 13.0. The Morgan fingerprint density at radius 3 is 2.56 bits per heavy atom. The van der Waals surface area contributed by atoms with Crippen molar-refractivity contribution in [1.29, 1.82) is 0 Å². The van der Waals surface area contributed by atoms with Crippen LogP contribution in [0.4, 0.5) is 0 Å². The molecule has 100 valence electrons. The van der Waals surface area contributed by atoms with E-state index < -0.39 is 0 Å². The van der Waals surface area contributed by atoms with Crippen LogP contribution in [0.3, 0.4) is 0 Å². The number of hydrogen-bond acceptors (Lipinski definition) is 2. The topological polar surface area (TPSA) is 15.3 Å². The fourth-order valence-corrected chi connectivity index (χ4v) is 2.69. The van der Waals surface area contributed by atoms with E-state index in [1.165, 1.54) is 35.1 Å². The lowest BCUT2D eigenvalue weighted by molar-refractivity contribution is 0.273. The van der Waals surface area contributed by atoms with Gasteiger partial charge in [0, 0.05) is 28.7 Å². The van der Waals surface area contributed by atoms with Crippen LogP contribution in [0.2, 0.25) is 0 Å². The molecule has 3 heteroatoms. The van der Waals surface area contributed by atoms with E-state index in [9.17, 15) is 0 Å². The number of hydrogen-bond donors (Lipinski definition) is 1. The molecule has 1 N–H and O–H groups in total. The molecule has 1 atom stereocenters. The maximum Gasteiger partial charge on any atom is 0.0292 e. The van der Waals surface area contributed by atoms with Crippen molar-refractivity contribution < 1.29 is 0 Å². The summed E-state index contributed by atoms with van der Waals surface area (Å²) in [5.41, 5.74) is 1.38. The minimum absolute atomic E-state index is 0.444. The third-order valence-corrected chi connectivity index (χ3v) is 4.41. The van der Waals surface area contributed by atoms with Crippen LogP contribution in [0.5, 0.6) is 0 Å². The van der Waals surface area contributed by atoms with E-state index in [0.717, 1.165) is 12.6 Å². The van der Waals surface area contributed by atoms with Gasteiger partial charge in [0.25, 0.3) is 0 Å². The second kappa shape index (κ2) is 6.87. The van der Waals surface area contributed by atoms with Gasteiger partial charge in [-0.25, -0.2) is 0 Å². The quantitative estimate of drug-likeness (QED) is 0.752. The van der Waals surface area contributed by atoms with Crippen LogP contribution >= 0.6 is 22.6 Å². The predicted octanol–water partition coefficient (Wildman–Crippen LogP) is 3.43. The number of rotatable bonds is 7. The van der Waals surface area contributed by atoms with Crippen LogP contribution in [0.25, 0.3) is 0 Å². The Hall–Kier alpha value is -0.130. The molecule has 0 heterocycles. The fourth-order valence-electron chi connectivity index (χ4n) is 2.33. The van der Waals surface area contributed by atoms with Crippen LogP contribution < -0.4 is 5.32 Å². The Balaban J connectivity index is 1.73. The average molecular weight is 358 g/mol. The normalized spacial score (nSPS) is 17.1. The molecule has 1 saturated carbocycles. The molecular formula is C15H23IN2. The second-order valence-electron chi connectivity index (χ2n) is 5.09. The van der Waals surface area contributed by atoms with Gasteiger partial charge < -0.3 is 5.32 Å². The number of benzene rings is 1. The summed E-state index contributed by atoms with van der Waals surface area (Å²) >= 11 is 2.35. The lowest BCUT2D eigenvalue weighted by atomic mass is 10.1. The van der Waals surface area contributed by atoms with Crippen molar-refractivity contribution in [2.45, 2.75) is 38.8 Å². The van der Waals surface area contributed by atoms with Crippen molar-refractivity contribution in [3.8, 4) is 0 Å². The van der Waals surface area contributed by atoms with Crippen molar-refractivity contribution in [2.75, 3.05) is 19.6 Å². The SMILES string of the molecule is CCN(CCNC(C)c1ccc(I)cc1)C1CC1. The van der Waals surface area contributed by atoms with E-state index in [1.54, 1.807) is 0 Å². The highest BCUT2D eigenvalue weighted by Crippen LogP contribution is 2.26. The highest BCUT2D eigenvalue weighted by molar-refractivity contribution is 14.1. The molecule has 1 aliphatic rings. The Morgan fingerprint density at radius 2 is 2.00 bits per heavy atom. The lowest BCUT2D eigenvalue weighted by Crippen LogP contribution is -2.34. The Kier molecular flexibility index (Phi) is 5.45. The number of halogens is 1. The lowest BCUT2D eigenvalue weighted by Gasteiger charge is -2.22. The third-order valence-electron chi connectivity index (χ3n) is 3.69. The van der Waals surface area contributed by atoms with Gasteiger partial charge in [-0.05, 0) is 66.6 Å². The summed E-state index contributed by atoms with van der Waals surface area (Å²) in [4.78, 5) is 2.59. The first kappa shape index (κ1) is 14.3. The van der Waals surface area contributed by atoms with E-state index >= 15 is 0 Å². The first-order chi connectivity index (χ1) is 8.70. The summed E-state index contributed by atoms with van der Waals surface area (Å²) < 4.78 is 1.30. The zero-order valence-electron chi connectivity index (χ0n) is 11.3. The molecule has 0 amide bonds. The molecule has 1 unspecified atom stereocenters. The Morgan fingerprint density at radius 1 is 1.33 bits per heavy atom. The first-order valence-electron chi connectivity index (χ1n) is 6.93. The second-order valence-corrected chi connectivity index (χ2v) is 6.33. The van der Waals surface area contributed by atoms with Gasteiger partial charge >= 0.3 is 0 Å². The van der Waals surface area contributed by atoms with Crippen molar-refractivity contribution in [3.05, 3.63) is 33.4 Å². The predicted molar refractivity (Wildman–Crippen MR) is 85.8 cm³/mol. The van der Waals surface area contributed by atoms with Crippen LogP contribution in [-0.4, -0.2) is 30.6 Å². The molecule has 0 radical (unpaired) electrons. The van der Waals surface area contributed by atoms with Crippen LogP contribution in [0.1, 0.15) is 38.3 Å². The summed E-state index contributed by atoms with van der Waals surface area (Å²) in [7, 11) is 0. The van der Waals surface area contributed by atoms with Crippen molar-refractivity contribution in [2.24, 2.45) is 0 Å². The number of nitrogens with zero attached hydrogens (tertiary/aromatic N) is 1. The first-order valence-corrected chi connectivity index (χ1v) is 8.01. The van der Waals surface area contributed by atoms with Crippen LogP contribution in [-0.2, 0) is 0 Å². The van der Waals surface area contributed by atoms with Gasteiger partial charge in [-0.3, -0.25) is 4.90 Å². The highest BCUT2D eigenvalue weighted by Gasteiger charge is 2.27. The van der Waals surface area contributed by atoms with Crippen LogP contribution in [0, 0.1) is 3.57 Å². The molecular weight excluding hydrogens is 335 g/mol. The van der Waals surface area contributed by atoms with Crippen molar-refractivity contribution in [1.82, 2.24) is 10.2 Å². The fraction of sp³-hybridized carbons (Fsp3) is 0.600. The van der Waals surface area contributed by atoms with E-state index in [0.29, 0.717) is 6.04 Å². The molecule has 18 heavy (non-hydrogen) atoms. The van der Waals surface area contributed by atoms with Crippen molar-refractivity contribution >= 4 is 22.6 Å². The smallest absolute Gasteiger partial charge is 0.0292 e. The number of nitrogens with one attached hydrogen (secondary N) is 1. The van der Waals surface area contributed by atoms with Gasteiger partial charge in [0.05, 0.1) is 0 Å². The molecule has 2 nitrogen and oxygen atoms in total. The van der Waals surface area contributed by atoms with E-state index in [4.69, 9.17) is 0 Å². The minimum atomic E-state index is 0.444. The minimum Gasteiger partial charge on any atom is -0.309 e. The summed E-state index contributed by atoms with van der Waals surface area (Å²) in [5.74, 6) is 0. The molecule has 1 aromatic rings. The van der Waals surface area contributed by atoms with E-state index in [2.05, 4.69) is 70.9 Å². The van der Waals surface area contributed by atoms with Gasteiger partial charge in [0.15, 0.2) is 0 Å². The maximum atomic E-state index is 3.62. The summed E-state index contributed by atoms with van der Waals surface area (Å²) in [6, 6.07) is 10.1. The monoisotopic (exact) mass is 358 g/mol. The van der Waals surface area contributed by atoms with E-state index in [-0.39, 0.29) is 0 Å². The average Bonchev–Trinajstić information content (AvgIpc) is 3.19. The molecule has 0 aromatic heterocycles. The molecule has 0 bridgehead atoms. The molecule has 1 fully saturated rings. The summed E-state index contributed by atoms with van der Waals surface area (Å²) in [6.07, 6.45) is 2.81. The highest BCUT2D eigenvalue weighted by atomic mass is 127. The zero-order valence-corrected chi connectivity index (χ0v) is 13.5. The van der Waals surface area contributed by atoms with Gasteiger partial charge in [-0.15, -0.1) is 0 Å².